The highest BCUT2D eigenvalue weighted by molar-refractivity contribution is 7.88. The summed E-state index contributed by atoms with van der Waals surface area (Å²) in [5.74, 6) is -0.249. The Morgan fingerprint density at radius 2 is 1.81 bits per heavy atom. The third-order valence-electron chi connectivity index (χ3n) is 4.69. The van der Waals surface area contributed by atoms with Crippen LogP contribution in [0.4, 0.5) is 0 Å². The van der Waals surface area contributed by atoms with E-state index in [1.54, 1.807) is 0 Å². The van der Waals surface area contributed by atoms with Gasteiger partial charge in [-0.3, -0.25) is 4.79 Å². The largest absolute Gasteiger partial charge is 0.355 e. The van der Waals surface area contributed by atoms with Gasteiger partial charge in [-0.05, 0) is 51.4 Å². The second-order valence-corrected chi connectivity index (χ2v) is 9.10. The predicted octanol–water partition coefficient (Wildman–Crippen LogP) is 1.75. The van der Waals surface area contributed by atoms with Crippen molar-refractivity contribution in [2.75, 3.05) is 39.0 Å². The molecule has 0 bridgehead atoms. The molecule has 0 saturated carbocycles. The molecule has 146 valence electrons. The van der Waals surface area contributed by atoms with Gasteiger partial charge in [0.1, 0.15) is 0 Å². The number of benzene rings is 1. The first-order valence-electron chi connectivity index (χ1n) is 9.34. The molecule has 0 atom stereocenters. The third kappa shape index (κ3) is 7.43. The van der Waals surface area contributed by atoms with E-state index in [1.807, 2.05) is 31.2 Å². The monoisotopic (exact) mass is 381 g/mol. The summed E-state index contributed by atoms with van der Waals surface area (Å²) in [4.78, 5) is 14.6. The van der Waals surface area contributed by atoms with E-state index in [2.05, 4.69) is 10.2 Å². The van der Waals surface area contributed by atoms with Crippen LogP contribution < -0.4 is 5.32 Å². The molecule has 1 aromatic rings. The van der Waals surface area contributed by atoms with E-state index in [-0.39, 0.29) is 19.0 Å². The zero-order chi connectivity index (χ0) is 19.0. The lowest BCUT2D eigenvalue weighted by Gasteiger charge is -2.26. The molecule has 0 spiro atoms. The topological polar surface area (TPSA) is 69.7 Å². The zero-order valence-corrected chi connectivity index (χ0v) is 16.7. The minimum atomic E-state index is -3.45. The normalized spacial score (nSPS) is 16.0. The number of hydrogen-bond acceptors (Lipinski definition) is 4. The van der Waals surface area contributed by atoms with Gasteiger partial charge < -0.3 is 10.2 Å². The molecule has 1 heterocycles. The number of aryl methyl sites for hydroxylation is 1. The van der Waals surface area contributed by atoms with Crippen molar-refractivity contribution in [3.05, 3.63) is 35.4 Å². The SMILES string of the molecule is Cc1ccc(CN(CC(=O)NCCCN2CCCCC2)S(C)(=O)=O)cc1. The van der Waals surface area contributed by atoms with Gasteiger partial charge in [-0.25, -0.2) is 8.42 Å². The highest BCUT2D eigenvalue weighted by atomic mass is 32.2. The van der Waals surface area contributed by atoms with Crippen molar-refractivity contribution in [1.29, 1.82) is 0 Å². The maximum Gasteiger partial charge on any atom is 0.235 e. The predicted molar refractivity (Wildman–Crippen MR) is 104 cm³/mol. The molecule has 1 amide bonds. The summed E-state index contributed by atoms with van der Waals surface area (Å²) >= 11 is 0. The van der Waals surface area contributed by atoms with Gasteiger partial charge in [0.15, 0.2) is 0 Å². The Kier molecular flexibility index (Phi) is 8.06. The van der Waals surface area contributed by atoms with Crippen molar-refractivity contribution >= 4 is 15.9 Å². The number of rotatable bonds is 9. The molecule has 1 saturated heterocycles. The van der Waals surface area contributed by atoms with Gasteiger partial charge >= 0.3 is 0 Å². The molecular weight excluding hydrogens is 350 g/mol. The van der Waals surface area contributed by atoms with Gasteiger partial charge in [-0.1, -0.05) is 36.2 Å². The highest BCUT2D eigenvalue weighted by Crippen LogP contribution is 2.10. The smallest absolute Gasteiger partial charge is 0.235 e. The van der Waals surface area contributed by atoms with Crippen LogP contribution in [0.3, 0.4) is 0 Å². The number of nitrogens with zero attached hydrogens (tertiary/aromatic N) is 2. The second kappa shape index (κ2) is 10.0. The van der Waals surface area contributed by atoms with Crippen LogP contribution in [0.15, 0.2) is 24.3 Å². The Balaban J connectivity index is 1.77. The van der Waals surface area contributed by atoms with Crippen molar-refractivity contribution in [1.82, 2.24) is 14.5 Å². The van der Waals surface area contributed by atoms with E-state index >= 15 is 0 Å². The maximum atomic E-state index is 12.2. The van der Waals surface area contributed by atoms with E-state index in [1.165, 1.54) is 23.6 Å². The van der Waals surface area contributed by atoms with Crippen LogP contribution in [0, 0.1) is 6.92 Å². The summed E-state index contributed by atoms with van der Waals surface area (Å²) in [6.07, 6.45) is 5.87. The lowest BCUT2D eigenvalue weighted by Crippen LogP contribution is -2.40. The first-order chi connectivity index (χ1) is 12.3. The lowest BCUT2D eigenvalue weighted by atomic mass is 10.1. The van der Waals surface area contributed by atoms with Crippen LogP contribution in [0.2, 0.25) is 0 Å². The minimum absolute atomic E-state index is 0.142. The van der Waals surface area contributed by atoms with Gasteiger partial charge in [0.05, 0.1) is 12.8 Å². The molecule has 1 fully saturated rings. The van der Waals surface area contributed by atoms with Crippen LogP contribution in [-0.4, -0.2) is 62.5 Å². The average Bonchev–Trinajstić information content (AvgIpc) is 2.60. The van der Waals surface area contributed by atoms with Gasteiger partial charge in [0, 0.05) is 13.1 Å². The molecule has 6 nitrogen and oxygen atoms in total. The fourth-order valence-corrected chi connectivity index (χ4v) is 3.85. The minimum Gasteiger partial charge on any atom is -0.355 e. The third-order valence-corrected chi connectivity index (χ3v) is 5.89. The maximum absolute atomic E-state index is 12.2. The molecule has 26 heavy (non-hydrogen) atoms. The summed E-state index contributed by atoms with van der Waals surface area (Å²) in [6, 6.07) is 7.67. The van der Waals surface area contributed by atoms with Crippen molar-refractivity contribution in [3.63, 3.8) is 0 Å². The number of amides is 1. The summed E-state index contributed by atoms with van der Waals surface area (Å²) < 4.78 is 25.2. The number of hydrogen-bond donors (Lipinski definition) is 1. The Morgan fingerprint density at radius 3 is 2.42 bits per heavy atom. The molecule has 0 radical (unpaired) electrons. The number of carbonyl (C=O) groups excluding carboxylic acids is 1. The molecule has 7 heteroatoms. The van der Waals surface area contributed by atoms with Crippen LogP contribution in [0.25, 0.3) is 0 Å². The van der Waals surface area contributed by atoms with Crippen LogP contribution in [-0.2, 0) is 21.4 Å². The van der Waals surface area contributed by atoms with Gasteiger partial charge in [0.25, 0.3) is 0 Å². The lowest BCUT2D eigenvalue weighted by molar-refractivity contribution is -0.121. The molecule has 1 aliphatic heterocycles. The first-order valence-corrected chi connectivity index (χ1v) is 11.2. The molecule has 1 aliphatic rings. The molecule has 0 unspecified atom stereocenters. The van der Waals surface area contributed by atoms with Crippen LogP contribution >= 0.6 is 0 Å². The Hall–Kier alpha value is -1.44. The first kappa shape index (κ1) is 20.9. The number of likely N-dealkylation sites (tertiary alicyclic amines) is 1. The van der Waals surface area contributed by atoms with E-state index in [9.17, 15) is 13.2 Å². The number of sulfonamides is 1. The summed E-state index contributed by atoms with van der Waals surface area (Å²) in [5, 5.41) is 2.85. The van der Waals surface area contributed by atoms with Crippen molar-refractivity contribution < 1.29 is 13.2 Å². The Morgan fingerprint density at radius 1 is 1.15 bits per heavy atom. The van der Waals surface area contributed by atoms with Crippen LogP contribution in [0.1, 0.15) is 36.8 Å². The summed E-state index contributed by atoms with van der Waals surface area (Å²) in [7, 11) is -3.45. The van der Waals surface area contributed by atoms with E-state index < -0.39 is 10.0 Å². The number of carbonyl (C=O) groups is 1. The number of piperidine rings is 1. The Bertz CT molecular complexity index is 668. The molecule has 1 aromatic carbocycles. The quantitative estimate of drug-likeness (QED) is 0.662. The molecule has 2 rings (SSSR count). The molecule has 0 aromatic heterocycles. The van der Waals surface area contributed by atoms with E-state index in [0.717, 1.165) is 43.4 Å². The van der Waals surface area contributed by atoms with Gasteiger partial charge in [0.2, 0.25) is 15.9 Å². The van der Waals surface area contributed by atoms with Crippen molar-refractivity contribution in [2.45, 2.75) is 39.2 Å². The fourth-order valence-electron chi connectivity index (χ4n) is 3.12. The standard InChI is InChI=1S/C19H31N3O3S/c1-17-7-9-18(10-8-17)15-22(26(2,24)25)16-19(23)20-11-6-14-21-12-4-3-5-13-21/h7-10H,3-6,11-16H2,1-2H3,(H,20,23). The van der Waals surface area contributed by atoms with E-state index in [4.69, 9.17) is 0 Å². The van der Waals surface area contributed by atoms with Crippen molar-refractivity contribution in [3.8, 4) is 0 Å². The highest BCUT2D eigenvalue weighted by Gasteiger charge is 2.20. The van der Waals surface area contributed by atoms with Crippen LogP contribution in [0.5, 0.6) is 0 Å². The van der Waals surface area contributed by atoms with Crippen molar-refractivity contribution in [2.24, 2.45) is 0 Å². The average molecular weight is 382 g/mol. The van der Waals surface area contributed by atoms with Gasteiger partial charge in [-0.15, -0.1) is 0 Å². The molecular formula is C19H31N3O3S. The van der Waals surface area contributed by atoms with E-state index in [0.29, 0.717) is 6.54 Å². The number of nitrogens with one attached hydrogen (secondary N) is 1. The fraction of sp³-hybridized carbons (Fsp3) is 0.632. The summed E-state index contributed by atoms with van der Waals surface area (Å²) in [6.45, 7) is 5.90. The Labute approximate surface area is 157 Å². The van der Waals surface area contributed by atoms with Gasteiger partial charge in [-0.2, -0.15) is 4.31 Å². The zero-order valence-electron chi connectivity index (χ0n) is 15.9. The second-order valence-electron chi connectivity index (χ2n) is 7.12. The molecule has 0 aliphatic carbocycles. The molecule has 1 N–H and O–H groups in total. The summed E-state index contributed by atoms with van der Waals surface area (Å²) in [5.41, 5.74) is 1.99.